The Labute approximate surface area is 125 Å². The predicted octanol–water partition coefficient (Wildman–Crippen LogP) is 3.14. The van der Waals surface area contributed by atoms with Gasteiger partial charge >= 0.3 is 0 Å². The molecule has 1 fully saturated rings. The third kappa shape index (κ3) is 2.49. The van der Waals surface area contributed by atoms with Gasteiger partial charge < -0.3 is 5.32 Å². The van der Waals surface area contributed by atoms with Crippen molar-refractivity contribution >= 4 is 11.6 Å². The van der Waals surface area contributed by atoms with E-state index < -0.39 is 0 Å². The van der Waals surface area contributed by atoms with Crippen molar-refractivity contribution in [2.75, 3.05) is 5.32 Å². The van der Waals surface area contributed by atoms with Crippen LogP contribution in [0.15, 0.2) is 6.33 Å². The standard InChI is InChI=1S/C16H23N5/c1-2-4-7-12(8-5-3-1)19-15-13-9-6-10-14(13)20-16-17-11-18-21(15)16/h11-12,19H,1-10H2. The van der Waals surface area contributed by atoms with Crippen LogP contribution in [0.4, 0.5) is 5.82 Å². The molecule has 2 heterocycles. The van der Waals surface area contributed by atoms with E-state index in [0.717, 1.165) is 24.4 Å². The van der Waals surface area contributed by atoms with Gasteiger partial charge in [-0.25, -0.2) is 4.98 Å². The minimum Gasteiger partial charge on any atom is -0.367 e. The molecule has 0 unspecified atom stereocenters. The molecule has 0 spiro atoms. The minimum absolute atomic E-state index is 0.574. The van der Waals surface area contributed by atoms with E-state index >= 15 is 0 Å². The smallest absolute Gasteiger partial charge is 0.254 e. The van der Waals surface area contributed by atoms with Crippen LogP contribution in [-0.4, -0.2) is 25.6 Å². The van der Waals surface area contributed by atoms with E-state index in [2.05, 4.69) is 20.4 Å². The molecular weight excluding hydrogens is 262 g/mol. The molecule has 0 bridgehead atoms. The minimum atomic E-state index is 0.574. The van der Waals surface area contributed by atoms with Gasteiger partial charge in [-0.05, 0) is 32.1 Å². The van der Waals surface area contributed by atoms with Crippen molar-refractivity contribution < 1.29 is 0 Å². The maximum Gasteiger partial charge on any atom is 0.254 e. The third-order valence-electron chi connectivity index (χ3n) is 4.90. The zero-order valence-corrected chi connectivity index (χ0v) is 12.5. The number of aromatic nitrogens is 4. The highest BCUT2D eigenvalue weighted by Gasteiger charge is 2.23. The van der Waals surface area contributed by atoms with Crippen LogP contribution in [0.25, 0.3) is 5.78 Å². The number of nitrogens with zero attached hydrogens (tertiary/aromatic N) is 4. The van der Waals surface area contributed by atoms with Gasteiger partial charge in [-0.15, -0.1) is 0 Å². The van der Waals surface area contributed by atoms with Crippen LogP contribution < -0.4 is 5.32 Å². The van der Waals surface area contributed by atoms with Crippen molar-refractivity contribution in [2.45, 2.75) is 70.3 Å². The summed E-state index contributed by atoms with van der Waals surface area (Å²) in [7, 11) is 0. The van der Waals surface area contributed by atoms with Crippen LogP contribution in [0.3, 0.4) is 0 Å². The Hall–Kier alpha value is -1.65. The van der Waals surface area contributed by atoms with Gasteiger partial charge in [0, 0.05) is 11.6 Å². The van der Waals surface area contributed by atoms with Crippen molar-refractivity contribution in [3.05, 3.63) is 17.6 Å². The summed E-state index contributed by atoms with van der Waals surface area (Å²) >= 11 is 0. The maximum absolute atomic E-state index is 4.65. The lowest BCUT2D eigenvalue weighted by Crippen LogP contribution is -2.23. The normalized spacial score (nSPS) is 20.2. The predicted molar refractivity (Wildman–Crippen MR) is 82.5 cm³/mol. The Morgan fingerprint density at radius 1 is 1.00 bits per heavy atom. The molecule has 1 N–H and O–H groups in total. The van der Waals surface area contributed by atoms with E-state index in [1.165, 1.54) is 62.6 Å². The topological polar surface area (TPSA) is 55.1 Å². The van der Waals surface area contributed by atoms with Crippen LogP contribution in [0.5, 0.6) is 0 Å². The number of anilines is 1. The molecule has 112 valence electrons. The van der Waals surface area contributed by atoms with Crippen LogP contribution in [0, 0.1) is 0 Å². The second-order valence-electron chi connectivity index (χ2n) is 6.40. The lowest BCUT2D eigenvalue weighted by atomic mass is 9.96. The molecule has 0 amide bonds. The van der Waals surface area contributed by atoms with Gasteiger partial charge in [-0.2, -0.15) is 14.6 Å². The number of hydrogen-bond acceptors (Lipinski definition) is 4. The van der Waals surface area contributed by atoms with E-state index in [9.17, 15) is 0 Å². The van der Waals surface area contributed by atoms with Crippen molar-refractivity contribution in [3.63, 3.8) is 0 Å². The second kappa shape index (κ2) is 5.62. The van der Waals surface area contributed by atoms with Crippen molar-refractivity contribution in [3.8, 4) is 0 Å². The number of nitrogens with one attached hydrogen (secondary N) is 1. The maximum atomic E-state index is 4.65. The number of rotatable bonds is 2. The van der Waals surface area contributed by atoms with E-state index in [4.69, 9.17) is 0 Å². The monoisotopic (exact) mass is 285 g/mol. The molecule has 0 saturated heterocycles. The summed E-state index contributed by atoms with van der Waals surface area (Å²) in [6.45, 7) is 0. The van der Waals surface area contributed by atoms with Crippen molar-refractivity contribution in [1.29, 1.82) is 0 Å². The molecule has 1 saturated carbocycles. The Balaban J connectivity index is 1.67. The highest BCUT2D eigenvalue weighted by atomic mass is 15.4. The van der Waals surface area contributed by atoms with Gasteiger partial charge in [-0.3, -0.25) is 0 Å². The zero-order chi connectivity index (χ0) is 14.1. The van der Waals surface area contributed by atoms with Gasteiger partial charge in [0.25, 0.3) is 5.78 Å². The van der Waals surface area contributed by atoms with E-state index in [-0.39, 0.29) is 0 Å². The first kappa shape index (κ1) is 13.0. The summed E-state index contributed by atoms with van der Waals surface area (Å²) in [6.07, 6.45) is 14.4. The molecule has 21 heavy (non-hydrogen) atoms. The highest BCUT2D eigenvalue weighted by Crippen LogP contribution is 2.29. The first-order chi connectivity index (χ1) is 10.4. The summed E-state index contributed by atoms with van der Waals surface area (Å²) in [5, 5.41) is 8.18. The van der Waals surface area contributed by atoms with Crippen molar-refractivity contribution in [2.24, 2.45) is 0 Å². The van der Waals surface area contributed by atoms with Gasteiger partial charge in [0.2, 0.25) is 0 Å². The van der Waals surface area contributed by atoms with Gasteiger partial charge in [0.15, 0.2) is 0 Å². The molecule has 4 rings (SSSR count). The summed E-state index contributed by atoms with van der Waals surface area (Å²) in [6, 6.07) is 0.574. The first-order valence-corrected chi connectivity index (χ1v) is 8.40. The van der Waals surface area contributed by atoms with E-state index in [1.807, 2.05) is 4.52 Å². The van der Waals surface area contributed by atoms with E-state index in [1.54, 1.807) is 6.33 Å². The molecule has 2 aromatic rings. The third-order valence-corrected chi connectivity index (χ3v) is 4.90. The summed E-state index contributed by atoms with van der Waals surface area (Å²) < 4.78 is 1.91. The van der Waals surface area contributed by atoms with Gasteiger partial charge in [-0.1, -0.05) is 32.1 Å². The highest BCUT2D eigenvalue weighted by molar-refractivity contribution is 5.54. The number of aryl methyl sites for hydroxylation is 1. The van der Waals surface area contributed by atoms with Crippen molar-refractivity contribution in [1.82, 2.24) is 19.6 Å². The molecule has 2 aliphatic carbocycles. The Bertz CT molecular complexity index is 625. The van der Waals surface area contributed by atoms with Gasteiger partial charge in [0.1, 0.15) is 12.1 Å². The Kier molecular flexibility index (Phi) is 3.49. The molecule has 2 aromatic heterocycles. The lowest BCUT2D eigenvalue weighted by molar-refractivity contribution is 0.469. The SMILES string of the molecule is c1nc2nc3c(c(NC4CCCCCCC4)n2n1)CCC3. The zero-order valence-electron chi connectivity index (χ0n) is 12.5. The fraction of sp³-hybridized carbons (Fsp3) is 0.688. The fourth-order valence-electron chi connectivity index (χ4n) is 3.77. The van der Waals surface area contributed by atoms with E-state index in [0.29, 0.717) is 6.04 Å². The Morgan fingerprint density at radius 2 is 1.81 bits per heavy atom. The lowest BCUT2D eigenvalue weighted by Gasteiger charge is -2.23. The molecule has 5 nitrogen and oxygen atoms in total. The average Bonchev–Trinajstić information content (AvgIpc) is 3.09. The Morgan fingerprint density at radius 3 is 2.67 bits per heavy atom. The molecule has 0 radical (unpaired) electrons. The summed E-state index contributed by atoms with van der Waals surface area (Å²) in [4.78, 5) is 8.94. The van der Waals surface area contributed by atoms with Crippen LogP contribution in [0.1, 0.15) is 62.6 Å². The quantitative estimate of drug-likeness (QED) is 0.921. The summed E-state index contributed by atoms with van der Waals surface area (Å²) in [5.41, 5.74) is 2.60. The second-order valence-corrected chi connectivity index (χ2v) is 6.40. The number of hydrogen-bond donors (Lipinski definition) is 1. The molecule has 0 atom stereocenters. The fourth-order valence-corrected chi connectivity index (χ4v) is 3.77. The average molecular weight is 285 g/mol. The number of fused-ring (bicyclic) bond motifs is 2. The van der Waals surface area contributed by atoms with Crippen LogP contribution in [0.2, 0.25) is 0 Å². The molecule has 0 aliphatic heterocycles. The molecule has 0 aromatic carbocycles. The van der Waals surface area contributed by atoms with Gasteiger partial charge in [0.05, 0.1) is 5.69 Å². The molecular formula is C16H23N5. The van der Waals surface area contributed by atoms with Crippen LogP contribution in [-0.2, 0) is 12.8 Å². The molecule has 5 heteroatoms. The first-order valence-electron chi connectivity index (χ1n) is 8.40. The van der Waals surface area contributed by atoms with Crippen LogP contribution >= 0.6 is 0 Å². The summed E-state index contributed by atoms with van der Waals surface area (Å²) in [5.74, 6) is 1.90. The molecule has 2 aliphatic rings. The largest absolute Gasteiger partial charge is 0.367 e.